The molecule has 2 N–H and O–H groups in total. The molecule has 0 aliphatic rings. The fourth-order valence-electron chi connectivity index (χ4n) is 3.84. The molecular formula is C27H33N. The lowest BCUT2D eigenvalue weighted by Gasteiger charge is -2.31. The molecule has 0 aliphatic carbocycles. The van der Waals surface area contributed by atoms with Gasteiger partial charge in [-0.3, -0.25) is 0 Å². The maximum atomic E-state index is 5.76. The van der Waals surface area contributed by atoms with Gasteiger partial charge >= 0.3 is 0 Å². The molecule has 1 heteroatoms. The van der Waals surface area contributed by atoms with E-state index in [0.29, 0.717) is 6.54 Å². The van der Waals surface area contributed by atoms with Crippen LogP contribution in [-0.4, -0.2) is 0 Å². The molecule has 0 aromatic heterocycles. The fraction of sp³-hybridized carbons (Fsp3) is 0.333. The van der Waals surface area contributed by atoms with E-state index in [2.05, 4.69) is 107 Å². The summed E-state index contributed by atoms with van der Waals surface area (Å²) in [5.41, 5.74) is 13.6. The first kappa shape index (κ1) is 20.4. The van der Waals surface area contributed by atoms with E-state index in [1.54, 1.807) is 0 Å². The Kier molecular flexibility index (Phi) is 5.76. The second-order valence-corrected chi connectivity index (χ2v) is 8.78. The Hall–Kier alpha value is -2.38. The van der Waals surface area contributed by atoms with Crippen LogP contribution in [0.1, 0.15) is 68.0 Å². The van der Waals surface area contributed by atoms with E-state index in [-0.39, 0.29) is 10.8 Å². The van der Waals surface area contributed by atoms with Crippen molar-refractivity contribution < 1.29 is 0 Å². The van der Waals surface area contributed by atoms with Crippen LogP contribution in [0.15, 0.2) is 72.8 Å². The van der Waals surface area contributed by atoms with Gasteiger partial charge < -0.3 is 5.73 Å². The van der Waals surface area contributed by atoms with Crippen molar-refractivity contribution >= 4 is 0 Å². The summed E-state index contributed by atoms with van der Waals surface area (Å²) in [6.45, 7) is 12.0. The summed E-state index contributed by atoms with van der Waals surface area (Å²) < 4.78 is 0. The van der Waals surface area contributed by atoms with Crippen LogP contribution in [0.2, 0.25) is 0 Å². The maximum absolute atomic E-state index is 5.76. The van der Waals surface area contributed by atoms with E-state index < -0.39 is 0 Å². The van der Waals surface area contributed by atoms with E-state index >= 15 is 0 Å². The molecule has 1 nitrogen and oxygen atoms in total. The molecule has 0 bridgehead atoms. The third kappa shape index (κ3) is 3.91. The van der Waals surface area contributed by atoms with Gasteiger partial charge in [0.1, 0.15) is 0 Å². The summed E-state index contributed by atoms with van der Waals surface area (Å²) in [7, 11) is 0. The number of hydrogen-bond donors (Lipinski definition) is 1. The van der Waals surface area contributed by atoms with E-state index in [1.165, 1.54) is 33.4 Å². The zero-order chi connectivity index (χ0) is 20.4. The second-order valence-electron chi connectivity index (χ2n) is 8.78. The van der Waals surface area contributed by atoms with Gasteiger partial charge in [0.05, 0.1) is 0 Å². The van der Waals surface area contributed by atoms with Gasteiger partial charge in [0.15, 0.2) is 0 Å². The average molecular weight is 372 g/mol. The molecular weight excluding hydrogens is 338 g/mol. The smallest absolute Gasteiger partial charge is 0.0178 e. The van der Waals surface area contributed by atoms with Crippen molar-refractivity contribution in [1.29, 1.82) is 0 Å². The van der Waals surface area contributed by atoms with Crippen molar-refractivity contribution in [2.45, 2.75) is 58.4 Å². The Morgan fingerprint density at radius 3 is 1.43 bits per heavy atom. The third-order valence-corrected chi connectivity index (χ3v) is 6.30. The van der Waals surface area contributed by atoms with E-state index in [0.717, 1.165) is 6.42 Å². The van der Waals surface area contributed by atoms with E-state index in [4.69, 9.17) is 5.73 Å². The minimum atomic E-state index is -0.0642. The maximum Gasteiger partial charge on any atom is 0.0178 e. The fourth-order valence-corrected chi connectivity index (χ4v) is 3.84. The number of nitrogens with two attached hydrogens (primary N) is 1. The standard InChI is InChI=1S/C27H33N/c1-6-20-10-14-22(15-11-20)26(2,3)24-8-7-9-25(18-24)27(4,5)23-16-12-21(19-28)13-17-23/h7-18H,6,19,28H2,1-5H3. The summed E-state index contributed by atoms with van der Waals surface area (Å²) in [5.74, 6) is 0. The molecule has 3 aromatic carbocycles. The van der Waals surface area contributed by atoms with Crippen molar-refractivity contribution in [3.63, 3.8) is 0 Å². The van der Waals surface area contributed by atoms with Crippen LogP contribution in [0.4, 0.5) is 0 Å². The number of hydrogen-bond acceptors (Lipinski definition) is 1. The highest BCUT2D eigenvalue weighted by molar-refractivity contribution is 5.45. The molecule has 28 heavy (non-hydrogen) atoms. The van der Waals surface area contributed by atoms with Crippen LogP contribution in [0.3, 0.4) is 0 Å². The first-order chi connectivity index (χ1) is 13.3. The van der Waals surface area contributed by atoms with Gasteiger partial charge in [0, 0.05) is 17.4 Å². The van der Waals surface area contributed by atoms with Crippen molar-refractivity contribution in [3.05, 3.63) is 106 Å². The molecule has 3 aromatic rings. The quantitative estimate of drug-likeness (QED) is 0.536. The SMILES string of the molecule is CCc1ccc(C(C)(C)c2cccc(C(C)(C)c3ccc(CN)cc3)c2)cc1. The summed E-state index contributed by atoms with van der Waals surface area (Å²) >= 11 is 0. The second kappa shape index (κ2) is 7.93. The van der Waals surface area contributed by atoms with Crippen molar-refractivity contribution in [2.75, 3.05) is 0 Å². The molecule has 0 amide bonds. The highest BCUT2D eigenvalue weighted by atomic mass is 14.5. The molecule has 0 saturated carbocycles. The van der Waals surface area contributed by atoms with E-state index in [1.807, 2.05) is 0 Å². The van der Waals surface area contributed by atoms with Gasteiger partial charge in [-0.15, -0.1) is 0 Å². The highest BCUT2D eigenvalue weighted by Crippen LogP contribution is 2.37. The summed E-state index contributed by atoms with van der Waals surface area (Å²) in [5, 5.41) is 0. The Morgan fingerprint density at radius 2 is 1.04 bits per heavy atom. The first-order valence-electron chi connectivity index (χ1n) is 10.3. The molecule has 146 valence electrons. The Bertz CT molecular complexity index is 840. The van der Waals surface area contributed by atoms with Gasteiger partial charge in [-0.1, -0.05) is 107 Å². The summed E-state index contributed by atoms with van der Waals surface area (Å²) in [6, 6.07) is 26.8. The Balaban J connectivity index is 1.97. The summed E-state index contributed by atoms with van der Waals surface area (Å²) in [6.07, 6.45) is 1.08. The zero-order valence-electron chi connectivity index (χ0n) is 17.9. The molecule has 0 atom stereocenters. The van der Waals surface area contributed by atoms with Crippen LogP contribution in [0.25, 0.3) is 0 Å². The van der Waals surface area contributed by atoms with Crippen LogP contribution in [0.5, 0.6) is 0 Å². The monoisotopic (exact) mass is 371 g/mol. The van der Waals surface area contributed by atoms with Crippen LogP contribution < -0.4 is 5.73 Å². The molecule has 3 rings (SSSR count). The Labute approximate surface area is 170 Å². The highest BCUT2D eigenvalue weighted by Gasteiger charge is 2.27. The largest absolute Gasteiger partial charge is 0.326 e. The average Bonchev–Trinajstić information content (AvgIpc) is 2.74. The molecule has 0 aliphatic heterocycles. The van der Waals surface area contributed by atoms with Gasteiger partial charge in [0.2, 0.25) is 0 Å². The predicted molar refractivity (Wildman–Crippen MR) is 121 cm³/mol. The van der Waals surface area contributed by atoms with Crippen molar-refractivity contribution in [1.82, 2.24) is 0 Å². The molecule has 0 heterocycles. The lowest BCUT2D eigenvalue weighted by atomic mass is 9.73. The lowest BCUT2D eigenvalue weighted by molar-refractivity contribution is 0.617. The number of benzene rings is 3. The first-order valence-corrected chi connectivity index (χ1v) is 10.3. The molecule has 0 spiro atoms. The predicted octanol–water partition coefficient (Wildman–Crippen LogP) is 6.36. The van der Waals surface area contributed by atoms with Crippen LogP contribution >= 0.6 is 0 Å². The van der Waals surface area contributed by atoms with Crippen LogP contribution in [-0.2, 0) is 23.8 Å². The minimum absolute atomic E-state index is 0.0399. The molecule has 0 saturated heterocycles. The van der Waals surface area contributed by atoms with Gasteiger partial charge in [-0.25, -0.2) is 0 Å². The number of rotatable bonds is 6. The Morgan fingerprint density at radius 1 is 0.607 bits per heavy atom. The molecule has 0 unspecified atom stereocenters. The van der Waals surface area contributed by atoms with Crippen LogP contribution in [0, 0.1) is 0 Å². The summed E-state index contributed by atoms with van der Waals surface area (Å²) in [4.78, 5) is 0. The number of aryl methyl sites for hydroxylation is 1. The van der Waals surface area contributed by atoms with E-state index in [9.17, 15) is 0 Å². The van der Waals surface area contributed by atoms with Crippen molar-refractivity contribution in [2.24, 2.45) is 5.73 Å². The van der Waals surface area contributed by atoms with Gasteiger partial charge in [-0.2, -0.15) is 0 Å². The molecule has 0 radical (unpaired) electrons. The van der Waals surface area contributed by atoms with Crippen molar-refractivity contribution in [3.8, 4) is 0 Å². The normalized spacial score (nSPS) is 12.2. The lowest BCUT2D eigenvalue weighted by Crippen LogP contribution is -2.23. The van der Waals surface area contributed by atoms with Gasteiger partial charge in [-0.05, 0) is 39.8 Å². The minimum Gasteiger partial charge on any atom is -0.326 e. The van der Waals surface area contributed by atoms with Gasteiger partial charge in [0.25, 0.3) is 0 Å². The molecule has 0 fully saturated rings. The zero-order valence-corrected chi connectivity index (χ0v) is 17.9. The topological polar surface area (TPSA) is 26.0 Å². The third-order valence-electron chi connectivity index (χ3n) is 6.30.